The number of hydrogen-bond donors (Lipinski definition) is 2. The van der Waals surface area contributed by atoms with Crippen LogP contribution in [0, 0.1) is 16.7 Å². The van der Waals surface area contributed by atoms with Crippen LogP contribution in [0.1, 0.15) is 59.8 Å². The van der Waals surface area contributed by atoms with E-state index in [1.54, 1.807) is 0 Å². The number of hydrogen-bond acceptors (Lipinski definition) is 2. The Labute approximate surface area is 158 Å². The zero-order chi connectivity index (χ0) is 15.8. The van der Waals surface area contributed by atoms with Crippen LogP contribution in [0.25, 0.3) is 0 Å². The van der Waals surface area contributed by atoms with Gasteiger partial charge in [0, 0.05) is 37.1 Å². The molecule has 1 heterocycles. The van der Waals surface area contributed by atoms with Gasteiger partial charge in [-0.1, -0.05) is 27.2 Å². The second kappa shape index (κ2) is 7.46. The Morgan fingerprint density at radius 1 is 1.26 bits per heavy atom. The molecular weight excluding hydrogens is 401 g/mol. The molecule has 3 rings (SSSR count). The lowest BCUT2D eigenvalue weighted by Crippen LogP contribution is -2.68. The standard InChI is InChI=1S/C18H33N3O.HI/c1-5-18(9-7-10-18)12-20-16(19-6-2)21-14-13-8-11-22-15(13)17(14,3)4;/h13-15H,5-12H2,1-4H3,(H2,19,20,21);1H. The van der Waals surface area contributed by atoms with Gasteiger partial charge in [-0.3, -0.25) is 4.99 Å². The minimum Gasteiger partial charge on any atom is -0.377 e. The maximum atomic E-state index is 5.90. The first-order valence-electron chi connectivity index (χ1n) is 9.19. The summed E-state index contributed by atoms with van der Waals surface area (Å²) in [5.74, 6) is 1.66. The van der Waals surface area contributed by atoms with Crippen molar-refractivity contribution in [2.45, 2.75) is 71.9 Å². The molecule has 5 heteroatoms. The first-order chi connectivity index (χ1) is 10.5. The lowest BCUT2D eigenvalue weighted by molar-refractivity contribution is -0.106. The summed E-state index contributed by atoms with van der Waals surface area (Å²) >= 11 is 0. The fraction of sp³-hybridized carbons (Fsp3) is 0.944. The van der Waals surface area contributed by atoms with Crippen LogP contribution in [-0.2, 0) is 4.74 Å². The number of halogens is 1. The van der Waals surface area contributed by atoms with Gasteiger partial charge in [0.15, 0.2) is 5.96 Å². The molecule has 0 aromatic heterocycles. The number of nitrogens with one attached hydrogen (secondary N) is 2. The van der Waals surface area contributed by atoms with Crippen molar-refractivity contribution in [2.24, 2.45) is 21.7 Å². The Hall–Kier alpha value is -0.0400. The number of fused-ring (bicyclic) bond motifs is 1. The Balaban J connectivity index is 0.00000192. The number of aliphatic imine (C=N–C) groups is 1. The quantitative estimate of drug-likeness (QED) is 0.395. The van der Waals surface area contributed by atoms with Gasteiger partial charge in [0.1, 0.15) is 0 Å². The Morgan fingerprint density at radius 3 is 2.57 bits per heavy atom. The molecule has 1 saturated heterocycles. The third-order valence-corrected chi connectivity index (χ3v) is 6.47. The van der Waals surface area contributed by atoms with Gasteiger partial charge >= 0.3 is 0 Å². The van der Waals surface area contributed by atoms with Crippen LogP contribution in [0.4, 0.5) is 0 Å². The van der Waals surface area contributed by atoms with Gasteiger partial charge in [-0.25, -0.2) is 0 Å². The fourth-order valence-electron chi connectivity index (χ4n) is 4.63. The Bertz CT molecular complexity index is 428. The average molecular weight is 435 g/mol. The van der Waals surface area contributed by atoms with E-state index in [1.165, 1.54) is 32.1 Å². The predicted molar refractivity (Wildman–Crippen MR) is 107 cm³/mol. The minimum atomic E-state index is 0. The van der Waals surface area contributed by atoms with E-state index in [4.69, 9.17) is 9.73 Å². The molecule has 4 nitrogen and oxygen atoms in total. The topological polar surface area (TPSA) is 45.7 Å². The van der Waals surface area contributed by atoms with Crippen LogP contribution < -0.4 is 10.6 Å². The van der Waals surface area contributed by atoms with Crippen molar-refractivity contribution in [1.82, 2.24) is 10.6 Å². The maximum absolute atomic E-state index is 5.90. The number of rotatable bonds is 5. The number of guanidine groups is 1. The molecule has 0 spiro atoms. The van der Waals surface area contributed by atoms with E-state index in [1.807, 2.05) is 0 Å². The molecule has 3 aliphatic rings. The molecule has 0 amide bonds. The van der Waals surface area contributed by atoms with Crippen molar-refractivity contribution in [3.05, 3.63) is 0 Å². The molecule has 23 heavy (non-hydrogen) atoms. The highest BCUT2D eigenvalue weighted by molar-refractivity contribution is 14.0. The van der Waals surface area contributed by atoms with Crippen molar-refractivity contribution in [3.63, 3.8) is 0 Å². The molecule has 134 valence electrons. The van der Waals surface area contributed by atoms with E-state index in [2.05, 4.69) is 38.3 Å². The lowest BCUT2D eigenvalue weighted by atomic mass is 9.57. The van der Waals surface area contributed by atoms with Gasteiger partial charge < -0.3 is 15.4 Å². The minimum absolute atomic E-state index is 0. The van der Waals surface area contributed by atoms with Crippen LogP contribution >= 0.6 is 24.0 Å². The zero-order valence-corrected chi connectivity index (χ0v) is 17.5. The van der Waals surface area contributed by atoms with Crippen LogP contribution in [-0.4, -0.2) is 37.8 Å². The molecule has 3 unspecified atom stereocenters. The first-order valence-corrected chi connectivity index (χ1v) is 9.19. The van der Waals surface area contributed by atoms with Gasteiger partial charge in [-0.05, 0) is 38.0 Å². The van der Waals surface area contributed by atoms with Crippen LogP contribution in [0.15, 0.2) is 4.99 Å². The largest absolute Gasteiger partial charge is 0.377 e. The van der Waals surface area contributed by atoms with Gasteiger partial charge in [0.05, 0.1) is 6.10 Å². The number of nitrogens with zero attached hydrogens (tertiary/aromatic N) is 1. The predicted octanol–water partition coefficient (Wildman–Crippen LogP) is 3.55. The molecule has 0 radical (unpaired) electrons. The normalized spacial score (nSPS) is 33.7. The average Bonchev–Trinajstić information content (AvgIpc) is 2.90. The van der Waals surface area contributed by atoms with Crippen LogP contribution in [0.5, 0.6) is 0 Å². The zero-order valence-electron chi connectivity index (χ0n) is 15.2. The van der Waals surface area contributed by atoms with Crippen molar-refractivity contribution >= 4 is 29.9 Å². The van der Waals surface area contributed by atoms with E-state index in [-0.39, 0.29) is 29.4 Å². The van der Waals surface area contributed by atoms with Crippen molar-refractivity contribution < 1.29 is 4.74 Å². The summed E-state index contributed by atoms with van der Waals surface area (Å²) in [5, 5.41) is 7.16. The van der Waals surface area contributed by atoms with E-state index in [9.17, 15) is 0 Å². The van der Waals surface area contributed by atoms with Crippen molar-refractivity contribution in [1.29, 1.82) is 0 Å². The second-order valence-corrected chi connectivity index (χ2v) is 8.09. The molecule has 2 saturated carbocycles. The summed E-state index contributed by atoms with van der Waals surface area (Å²) in [6.07, 6.45) is 6.94. The Morgan fingerprint density at radius 2 is 2.00 bits per heavy atom. The summed E-state index contributed by atoms with van der Waals surface area (Å²) < 4.78 is 5.90. The molecule has 1 aliphatic heterocycles. The van der Waals surface area contributed by atoms with Gasteiger partial charge in [-0.2, -0.15) is 0 Å². The summed E-state index contributed by atoms with van der Waals surface area (Å²) in [7, 11) is 0. The second-order valence-electron chi connectivity index (χ2n) is 8.09. The SMILES string of the molecule is CCNC(=NCC1(CC)CCC1)NC1C2CCOC2C1(C)C.I. The highest BCUT2D eigenvalue weighted by Crippen LogP contribution is 2.52. The highest BCUT2D eigenvalue weighted by atomic mass is 127. The highest BCUT2D eigenvalue weighted by Gasteiger charge is 2.59. The Kier molecular flexibility index (Phi) is 6.26. The van der Waals surface area contributed by atoms with Crippen molar-refractivity contribution in [3.8, 4) is 0 Å². The molecule has 2 aliphatic carbocycles. The number of ether oxygens (including phenoxy) is 1. The first kappa shape index (κ1) is 19.3. The van der Waals surface area contributed by atoms with Crippen LogP contribution in [0.2, 0.25) is 0 Å². The summed E-state index contributed by atoms with van der Waals surface area (Å²) in [6, 6.07) is 0.483. The third-order valence-electron chi connectivity index (χ3n) is 6.47. The monoisotopic (exact) mass is 435 g/mol. The lowest BCUT2D eigenvalue weighted by Gasteiger charge is -2.55. The van der Waals surface area contributed by atoms with Crippen molar-refractivity contribution in [2.75, 3.05) is 19.7 Å². The van der Waals surface area contributed by atoms with Gasteiger partial charge in [0.2, 0.25) is 0 Å². The molecule has 2 N–H and O–H groups in total. The van der Waals surface area contributed by atoms with Crippen LogP contribution in [0.3, 0.4) is 0 Å². The molecular formula is C18H34IN3O. The van der Waals surface area contributed by atoms with E-state index >= 15 is 0 Å². The third kappa shape index (κ3) is 3.51. The molecule has 0 aromatic carbocycles. The van der Waals surface area contributed by atoms with E-state index in [0.29, 0.717) is 23.5 Å². The van der Waals surface area contributed by atoms with E-state index < -0.39 is 0 Å². The maximum Gasteiger partial charge on any atom is 0.191 e. The summed E-state index contributed by atoms with van der Waals surface area (Å²) in [4.78, 5) is 4.93. The van der Waals surface area contributed by atoms with E-state index in [0.717, 1.165) is 25.7 Å². The molecule has 0 aromatic rings. The molecule has 0 bridgehead atoms. The smallest absolute Gasteiger partial charge is 0.191 e. The van der Waals surface area contributed by atoms with Gasteiger partial charge in [0.25, 0.3) is 0 Å². The fourth-order valence-corrected chi connectivity index (χ4v) is 4.63. The summed E-state index contributed by atoms with van der Waals surface area (Å²) in [5.41, 5.74) is 0.687. The molecule has 3 atom stereocenters. The van der Waals surface area contributed by atoms with Gasteiger partial charge in [-0.15, -0.1) is 24.0 Å². The molecule has 3 fully saturated rings. The summed E-state index contributed by atoms with van der Waals surface area (Å²) in [6.45, 7) is 11.9.